The van der Waals surface area contributed by atoms with Crippen LogP contribution in [0.25, 0.3) is 0 Å². The third kappa shape index (κ3) is 3.54. The summed E-state index contributed by atoms with van der Waals surface area (Å²) in [5.74, 6) is -0.528. The Hall–Kier alpha value is -1.40. The second-order valence-corrected chi connectivity index (χ2v) is 5.25. The van der Waals surface area contributed by atoms with Gasteiger partial charge in [-0.15, -0.1) is 0 Å². The smallest absolute Gasteiger partial charge is 0.246 e. The molecule has 0 atom stereocenters. The average Bonchev–Trinajstić information content (AvgIpc) is 2.35. The number of hydrogen-bond donors (Lipinski definition) is 2. The molecule has 1 aromatic rings. The van der Waals surface area contributed by atoms with Crippen molar-refractivity contribution in [3.63, 3.8) is 0 Å². The third-order valence-electron chi connectivity index (χ3n) is 2.88. The minimum Gasteiger partial charge on any atom is -0.352 e. The van der Waals surface area contributed by atoms with E-state index in [0.29, 0.717) is 0 Å². The molecule has 0 saturated carbocycles. The third-order valence-corrected chi connectivity index (χ3v) is 3.51. The Bertz CT molecular complexity index is 489. The van der Waals surface area contributed by atoms with Gasteiger partial charge in [0.1, 0.15) is 0 Å². The Labute approximate surface area is 120 Å². The van der Waals surface area contributed by atoms with Crippen molar-refractivity contribution in [1.82, 2.24) is 10.6 Å². The van der Waals surface area contributed by atoms with Crippen molar-refractivity contribution in [2.45, 2.75) is 13.5 Å². The fourth-order valence-corrected chi connectivity index (χ4v) is 2.67. The molecule has 19 heavy (non-hydrogen) atoms. The molecule has 0 radical (unpaired) electrons. The summed E-state index contributed by atoms with van der Waals surface area (Å²) in [4.78, 5) is 24.5. The molecule has 1 fully saturated rings. The number of nitrogens with zero attached hydrogens (tertiary/aromatic N) is 1. The van der Waals surface area contributed by atoms with Crippen molar-refractivity contribution in [2.75, 3.05) is 24.5 Å². The lowest BCUT2D eigenvalue weighted by molar-refractivity contribution is -0.130. The highest BCUT2D eigenvalue weighted by Crippen LogP contribution is 2.27. The number of carbonyl (C=O) groups is 2. The first-order valence-corrected chi connectivity index (χ1v) is 6.96. The highest BCUT2D eigenvalue weighted by Gasteiger charge is 2.23. The number of carbonyl (C=O) groups excluding carboxylic acids is 2. The van der Waals surface area contributed by atoms with Crippen molar-refractivity contribution < 1.29 is 9.59 Å². The lowest BCUT2D eigenvalue weighted by atomic mass is 10.1. The van der Waals surface area contributed by atoms with Crippen LogP contribution in [-0.4, -0.2) is 31.4 Å². The summed E-state index contributed by atoms with van der Waals surface area (Å²) in [6.07, 6.45) is 0. The van der Waals surface area contributed by atoms with Crippen molar-refractivity contribution in [3.8, 4) is 0 Å². The molecule has 1 aromatic carbocycles. The van der Waals surface area contributed by atoms with E-state index in [1.165, 1.54) is 0 Å². The Kier molecular flexibility index (Phi) is 4.55. The first-order chi connectivity index (χ1) is 9.10. The molecule has 1 aliphatic rings. The van der Waals surface area contributed by atoms with E-state index in [1.807, 2.05) is 18.2 Å². The first-order valence-electron chi connectivity index (χ1n) is 6.17. The number of amides is 2. The molecule has 0 bridgehead atoms. The standard InChI is InChI=1S/C13H16BrN3O2/c1-2-15-6-9-3-4-11(10(14)5-9)17-7-12(18)16-13(19)8-17/h3-5,15H,2,6-8H2,1H3,(H,16,18,19). The Morgan fingerprint density at radius 1 is 1.32 bits per heavy atom. The Balaban J connectivity index is 2.16. The van der Waals surface area contributed by atoms with Crippen molar-refractivity contribution in [2.24, 2.45) is 0 Å². The lowest BCUT2D eigenvalue weighted by Crippen LogP contribution is -2.51. The molecule has 0 spiro atoms. The van der Waals surface area contributed by atoms with E-state index in [0.717, 1.165) is 28.8 Å². The molecule has 1 aliphatic heterocycles. The maximum Gasteiger partial charge on any atom is 0.246 e. The summed E-state index contributed by atoms with van der Waals surface area (Å²) >= 11 is 3.50. The number of imide groups is 1. The molecule has 1 saturated heterocycles. The molecular weight excluding hydrogens is 310 g/mol. The van der Waals surface area contributed by atoms with Crippen LogP contribution < -0.4 is 15.5 Å². The maximum absolute atomic E-state index is 11.4. The summed E-state index contributed by atoms with van der Waals surface area (Å²) in [6, 6.07) is 5.94. The number of halogens is 1. The number of piperazine rings is 1. The zero-order chi connectivity index (χ0) is 13.8. The van der Waals surface area contributed by atoms with Gasteiger partial charge in [0, 0.05) is 11.0 Å². The van der Waals surface area contributed by atoms with E-state index < -0.39 is 0 Å². The van der Waals surface area contributed by atoms with E-state index in [9.17, 15) is 9.59 Å². The second kappa shape index (κ2) is 6.16. The monoisotopic (exact) mass is 325 g/mol. The van der Waals surface area contributed by atoms with Crippen LogP contribution in [0.5, 0.6) is 0 Å². The SMILES string of the molecule is CCNCc1ccc(N2CC(=O)NC(=O)C2)c(Br)c1. The van der Waals surface area contributed by atoms with Crippen molar-refractivity contribution >= 4 is 33.4 Å². The molecule has 0 aromatic heterocycles. The van der Waals surface area contributed by atoms with Crippen LogP contribution in [0.1, 0.15) is 12.5 Å². The number of anilines is 1. The minimum atomic E-state index is -0.264. The molecule has 0 unspecified atom stereocenters. The van der Waals surface area contributed by atoms with Gasteiger partial charge in [-0.25, -0.2) is 0 Å². The van der Waals surface area contributed by atoms with Crippen molar-refractivity contribution in [1.29, 1.82) is 0 Å². The molecule has 2 N–H and O–H groups in total. The normalized spacial score (nSPS) is 15.6. The minimum absolute atomic E-state index is 0.205. The van der Waals surface area contributed by atoms with E-state index in [-0.39, 0.29) is 24.9 Å². The van der Waals surface area contributed by atoms with E-state index >= 15 is 0 Å². The topological polar surface area (TPSA) is 61.4 Å². The summed E-state index contributed by atoms with van der Waals surface area (Å²) < 4.78 is 0.894. The predicted molar refractivity (Wildman–Crippen MR) is 76.9 cm³/mol. The van der Waals surface area contributed by atoms with Gasteiger partial charge < -0.3 is 10.2 Å². The number of benzene rings is 1. The molecule has 2 rings (SSSR count). The number of rotatable bonds is 4. The van der Waals surface area contributed by atoms with Gasteiger partial charge in [0.15, 0.2) is 0 Å². The van der Waals surface area contributed by atoms with E-state index in [4.69, 9.17) is 0 Å². The van der Waals surface area contributed by atoms with Crippen LogP contribution in [0.15, 0.2) is 22.7 Å². The average molecular weight is 326 g/mol. The zero-order valence-corrected chi connectivity index (χ0v) is 12.3. The zero-order valence-electron chi connectivity index (χ0n) is 10.7. The molecule has 0 aliphatic carbocycles. The molecule has 6 heteroatoms. The van der Waals surface area contributed by atoms with Gasteiger partial charge in [0.2, 0.25) is 11.8 Å². The Morgan fingerprint density at radius 2 is 2.00 bits per heavy atom. The Morgan fingerprint density at radius 3 is 2.58 bits per heavy atom. The van der Waals surface area contributed by atoms with Crippen LogP contribution in [0.4, 0.5) is 5.69 Å². The molecular formula is C13H16BrN3O2. The summed E-state index contributed by atoms with van der Waals surface area (Å²) in [5.41, 5.74) is 2.02. The predicted octanol–water partition coefficient (Wildman–Crippen LogP) is 1.02. The highest BCUT2D eigenvalue weighted by molar-refractivity contribution is 9.10. The summed E-state index contributed by atoms with van der Waals surface area (Å²) in [6.45, 7) is 4.18. The molecule has 2 amide bonds. The number of nitrogens with one attached hydrogen (secondary N) is 2. The molecule has 102 valence electrons. The summed E-state index contributed by atoms with van der Waals surface area (Å²) in [7, 11) is 0. The largest absolute Gasteiger partial charge is 0.352 e. The van der Waals surface area contributed by atoms with Gasteiger partial charge in [-0.1, -0.05) is 13.0 Å². The quantitative estimate of drug-likeness (QED) is 0.811. The number of hydrogen-bond acceptors (Lipinski definition) is 4. The maximum atomic E-state index is 11.4. The first kappa shape index (κ1) is 14.0. The van der Waals surface area contributed by atoms with Gasteiger partial charge in [-0.05, 0) is 40.2 Å². The van der Waals surface area contributed by atoms with Crippen LogP contribution in [0, 0.1) is 0 Å². The van der Waals surface area contributed by atoms with Crippen LogP contribution in [-0.2, 0) is 16.1 Å². The van der Waals surface area contributed by atoms with E-state index in [2.05, 4.69) is 33.5 Å². The molecule has 5 nitrogen and oxygen atoms in total. The van der Waals surface area contributed by atoms with Gasteiger partial charge in [0.05, 0.1) is 18.8 Å². The van der Waals surface area contributed by atoms with Gasteiger partial charge >= 0.3 is 0 Å². The van der Waals surface area contributed by atoms with Gasteiger partial charge in [-0.2, -0.15) is 0 Å². The fourth-order valence-electron chi connectivity index (χ4n) is 1.99. The second-order valence-electron chi connectivity index (χ2n) is 4.39. The van der Waals surface area contributed by atoms with Crippen LogP contribution in [0.2, 0.25) is 0 Å². The van der Waals surface area contributed by atoms with E-state index in [1.54, 1.807) is 4.90 Å². The van der Waals surface area contributed by atoms with Crippen molar-refractivity contribution in [3.05, 3.63) is 28.2 Å². The fraction of sp³-hybridized carbons (Fsp3) is 0.385. The lowest BCUT2D eigenvalue weighted by Gasteiger charge is -2.28. The molecule has 1 heterocycles. The van der Waals surface area contributed by atoms with Crippen LogP contribution >= 0.6 is 15.9 Å². The van der Waals surface area contributed by atoms with Gasteiger partial charge in [0.25, 0.3) is 0 Å². The van der Waals surface area contributed by atoms with Gasteiger partial charge in [-0.3, -0.25) is 14.9 Å². The van der Waals surface area contributed by atoms with Crippen LogP contribution in [0.3, 0.4) is 0 Å². The summed E-state index contributed by atoms with van der Waals surface area (Å²) in [5, 5.41) is 5.55. The highest BCUT2D eigenvalue weighted by atomic mass is 79.9.